The first kappa shape index (κ1) is 23.5. The normalized spacial score (nSPS) is 16.3. The van der Waals surface area contributed by atoms with Gasteiger partial charge in [-0.1, -0.05) is 18.2 Å². The minimum atomic E-state index is -5.08. The van der Waals surface area contributed by atoms with Crippen molar-refractivity contribution in [1.29, 1.82) is 0 Å². The number of hydrogen-bond acceptors (Lipinski definition) is 6. The molecule has 0 saturated carbocycles. The fraction of sp³-hybridized carbons (Fsp3) is 0.429. The summed E-state index contributed by atoms with van der Waals surface area (Å²) in [6, 6.07) is 9.49. The van der Waals surface area contributed by atoms with Crippen LogP contribution in [0.3, 0.4) is 0 Å². The maximum atomic E-state index is 12.8. The van der Waals surface area contributed by atoms with Crippen LogP contribution in [-0.4, -0.2) is 77.4 Å². The lowest BCUT2D eigenvalue weighted by Gasteiger charge is -2.29. The standard InChI is InChI=1S/C19H22N4O2.C2HF3O2/c24-19(15-4-2-1-3-5-15)23-8-6-16-17(7-9-23)20-14-21-18(16)22-10-12-25-13-11-22;3-2(4,5)1(6)7/h1-5,14H,6-13H2;(H,6,7). The highest BCUT2D eigenvalue weighted by molar-refractivity contribution is 5.94. The summed E-state index contributed by atoms with van der Waals surface area (Å²) in [5, 5.41) is 7.12. The SMILES string of the molecule is O=C(O)C(F)(F)F.O=C(c1ccccc1)N1CCc2ncnc(N3CCOCC3)c2CC1. The van der Waals surface area contributed by atoms with E-state index in [4.69, 9.17) is 14.6 Å². The summed E-state index contributed by atoms with van der Waals surface area (Å²) in [5.41, 5.74) is 3.00. The molecule has 1 aromatic heterocycles. The van der Waals surface area contributed by atoms with E-state index in [2.05, 4.69) is 14.9 Å². The summed E-state index contributed by atoms with van der Waals surface area (Å²) < 4.78 is 37.2. The molecule has 1 aromatic carbocycles. The second-order valence-corrected chi connectivity index (χ2v) is 7.18. The van der Waals surface area contributed by atoms with Crippen molar-refractivity contribution in [3.8, 4) is 0 Å². The number of fused-ring (bicyclic) bond motifs is 1. The third kappa shape index (κ3) is 5.94. The zero-order valence-corrected chi connectivity index (χ0v) is 17.2. The topological polar surface area (TPSA) is 95.9 Å². The molecule has 32 heavy (non-hydrogen) atoms. The van der Waals surface area contributed by atoms with Crippen LogP contribution in [0.2, 0.25) is 0 Å². The van der Waals surface area contributed by atoms with Crippen LogP contribution < -0.4 is 4.90 Å². The molecule has 11 heteroatoms. The van der Waals surface area contributed by atoms with Crippen LogP contribution >= 0.6 is 0 Å². The van der Waals surface area contributed by atoms with Gasteiger partial charge in [-0.3, -0.25) is 4.79 Å². The first-order valence-corrected chi connectivity index (χ1v) is 10.1. The Morgan fingerprint density at radius 2 is 1.59 bits per heavy atom. The van der Waals surface area contributed by atoms with Gasteiger partial charge in [0.1, 0.15) is 12.1 Å². The highest BCUT2D eigenvalue weighted by atomic mass is 19.4. The van der Waals surface area contributed by atoms with Gasteiger partial charge in [-0.25, -0.2) is 14.8 Å². The molecule has 0 atom stereocenters. The third-order valence-corrected chi connectivity index (χ3v) is 5.12. The highest BCUT2D eigenvalue weighted by Gasteiger charge is 2.38. The number of benzene rings is 1. The maximum absolute atomic E-state index is 12.8. The number of alkyl halides is 3. The number of halogens is 3. The Morgan fingerprint density at radius 1 is 0.969 bits per heavy atom. The minimum Gasteiger partial charge on any atom is -0.475 e. The Hall–Kier alpha value is -3.21. The summed E-state index contributed by atoms with van der Waals surface area (Å²) in [5.74, 6) is -1.65. The number of nitrogens with zero attached hydrogens (tertiary/aromatic N) is 4. The lowest BCUT2D eigenvalue weighted by atomic mass is 10.1. The quantitative estimate of drug-likeness (QED) is 0.746. The van der Waals surface area contributed by atoms with Crippen molar-refractivity contribution in [3.05, 3.63) is 53.5 Å². The number of aliphatic carboxylic acids is 1. The average molecular weight is 452 g/mol. The molecule has 1 N–H and O–H groups in total. The number of rotatable bonds is 2. The summed E-state index contributed by atoms with van der Waals surface area (Å²) in [6.07, 6.45) is -1.87. The van der Waals surface area contributed by atoms with Gasteiger partial charge in [-0.2, -0.15) is 13.2 Å². The number of carbonyl (C=O) groups is 2. The zero-order chi connectivity index (χ0) is 23.1. The van der Waals surface area contributed by atoms with E-state index in [1.807, 2.05) is 35.2 Å². The Labute approximate surface area is 182 Å². The molecule has 2 aliphatic heterocycles. The summed E-state index contributed by atoms with van der Waals surface area (Å²) in [7, 11) is 0. The van der Waals surface area contributed by atoms with Crippen LogP contribution in [0.1, 0.15) is 21.6 Å². The second-order valence-electron chi connectivity index (χ2n) is 7.18. The molecule has 1 amide bonds. The van der Waals surface area contributed by atoms with E-state index in [1.54, 1.807) is 6.33 Å². The van der Waals surface area contributed by atoms with E-state index >= 15 is 0 Å². The zero-order valence-electron chi connectivity index (χ0n) is 17.2. The van der Waals surface area contributed by atoms with Crippen molar-refractivity contribution >= 4 is 17.7 Å². The molecule has 0 aliphatic carbocycles. The number of ether oxygens (including phenoxy) is 1. The predicted molar refractivity (Wildman–Crippen MR) is 109 cm³/mol. The van der Waals surface area contributed by atoms with Gasteiger partial charge in [0, 0.05) is 43.7 Å². The van der Waals surface area contributed by atoms with Crippen molar-refractivity contribution in [1.82, 2.24) is 14.9 Å². The first-order valence-electron chi connectivity index (χ1n) is 10.1. The van der Waals surface area contributed by atoms with Gasteiger partial charge >= 0.3 is 12.1 Å². The van der Waals surface area contributed by atoms with Crippen LogP contribution in [0.5, 0.6) is 0 Å². The van der Waals surface area contributed by atoms with Crippen LogP contribution in [0.4, 0.5) is 19.0 Å². The number of aromatic nitrogens is 2. The van der Waals surface area contributed by atoms with Crippen LogP contribution in [0, 0.1) is 0 Å². The Morgan fingerprint density at radius 3 is 2.22 bits per heavy atom. The van der Waals surface area contributed by atoms with Crippen LogP contribution in [-0.2, 0) is 22.4 Å². The van der Waals surface area contributed by atoms with Gasteiger partial charge < -0.3 is 19.6 Å². The Bertz CT molecular complexity index is 934. The fourth-order valence-corrected chi connectivity index (χ4v) is 3.52. The molecule has 2 aliphatic rings. The molecular weight excluding hydrogens is 429 g/mol. The number of morpholine rings is 1. The fourth-order valence-electron chi connectivity index (χ4n) is 3.52. The van der Waals surface area contributed by atoms with E-state index in [0.717, 1.165) is 56.2 Å². The molecule has 0 bridgehead atoms. The molecule has 3 heterocycles. The molecule has 1 fully saturated rings. The van der Waals surface area contributed by atoms with E-state index in [9.17, 15) is 18.0 Å². The van der Waals surface area contributed by atoms with Crippen molar-refractivity contribution in [3.63, 3.8) is 0 Å². The Balaban J connectivity index is 0.000000360. The largest absolute Gasteiger partial charge is 0.490 e. The molecule has 0 radical (unpaired) electrons. The van der Waals surface area contributed by atoms with Crippen molar-refractivity contribution in [2.45, 2.75) is 19.0 Å². The molecule has 4 rings (SSSR count). The molecule has 0 spiro atoms. The number of carboxylic acid groups (broad SMARTS) is 1. The van der Waals surface area contributed by atoms with E-state index in [0.29, 0.717) is 13.1 Å². The van der Waals surface area contributed by atoms with Crippen LogP contribution in [0.25, 0.3) is 0 Å². The number of amides is 1. The van der Waals surface area contributed by atoms with Gasteiger partial charge in [0.05, 0.1) is 18.9 Å². The summed E-state index contributed by atoms with van der Waals surface area (Å²) in [6.45, 7) is 4.58. The molecule has 2 aromatic rings. The minimum absolute atomic E-state index is 0.0919. The molecular formula is C21H23F3N4O4. The first-order chi connectivity index (χ1) is 15.3. The summed E-state index contributed by atoms with van der Waals surface area (Å²) in [4.78, 5) is 34.9. The van der Waals surface area contributed by atoms with Gasteiger partial charge in [0.25, 0.3) is 5.91 Å². The van der Waals surface area contributed by atoms with Crippen molar-refractivity contribution < 1.29 is 32.6 Å². The van der Waals surface area contributed by atoms with E-state index in [-0.39, 0.29) is 5.91 Å². The molecule has 8 nitrogen and oxygen atoms in total. The predicted octanol–water partition coefficient (Wildman–Crippen LogP) is 2.19. The lowest BCUT2D eigenvalue weighted by Crippen LogP contribution is -2.37. The number of carbonyl (C=O) groups excluding carboxylic acids is 1. The molecule has 172 valence electrons. The van der Waals surface area contributed by atoms with Crippen molar-refractivity contribution in [2.75, 3.05) is 44.3 Å². The molecule has 0 unspecified atom stereocenters. The van der Waals surface area contributed by atoms with Gasteiger partial charge in [0.2, 0.25) is 0 Å². The third-order valence-electron chi connectivity index (χ3n) is 5.12. The number of anilines is 1. The number of hydrogen-bond donors (Lipinski definition) is 1. The monoisotopic (exact) mass is 452 g/mol. The van der Waals surface area contributed by atoms with Crippen LogP contribution in [0.15, 0.2) is 36.7 Å². The number of carboxylic acids is 1. The van der Waals surface area contributed by atoms with Gasteiger partial charge in [-0.05, 0) is 18.6 Å². The second kappa shape index (κ2) is 10.4. The average Bonchev–Trinajstić information content (AvgIpc) is 3.02. The van der Waals surface area contributed by atoms with Gasteiger partial charge in [0.15, 0.2) is 0 Å². The maximum Gasteiger partial charge on any atom is 0.490 e. The van der Waals surface area contributed by atoms with Gasteiger partial charge in [-0.15, -0.1) is 0 Å². The highest BCUT2D eigenvalue weighted by Crippen LogP contribution is 2.25. The van der Waals surface area contributed by atoms with E-state index < -0.39 is 12.1 Å². The molecule has 1 saturated heterocycles. The lowest BCUT2D eigenvalue weighted by molar-refractivity contribution is -0.192. The van der Waals surface area contributed by atoms with E-state index in [1.165, 1.54) is 5.56 Å². The summed E-state index contributed by atoms with van der Waals surface area (Å²) >= 11 is 0. The van der Waals surface area contributed by atoms with Crippen molar-refractivity contribution in [2.24, 2.45) is 0 Å². The Kier molecular flexibility index (Phi) is 7.62. The smallest absolute Gasteiger partial charge is 0.475 e.